The fraction of sp³-hybridized carbons (Fsp3) is 0.200. The van der Waals surface area contributed by atoms with Gasteiger partial charge in [-0.15, -0.1) is 0 Å². The number of nitrogens with one attached hydrogen (secondary N) is 1. The van der Waals surface area contributed by atoms with Crippen LogP contribution in [0.4, 0.5) is 0 Å². The number of ether oxygens (including phenoxy) is 1. The predicted molar refractivity (Wildman–Crippen MR) is 146 cm³/mol. The number of aryl methyl sites for hydroxylation is 2. The van der Waals surface area contributed by atoms with Crippen molar-refractivity contribution in [2.24, 2.45) is 0 Å². The molecule has 1 aliphatic rings. The molecule has 2 aromatic heterocycles. The van der Waals surface area contributed by atoms with E-state index >= 15 is 0 Å². The Morgan fingerprint density at radius 3 is 2.18 bits per heavy atom. The van der Waals surface area contributed by atoms with Crippen molar-refractivity contribution in [2.45, 2.75) is 26.3 Å². The highest BCUT2D eigenvalue weighted by Crippen LogP contribution is 2.34. The first kappa shape index (κ1) is 23.8. The number of aromatic nitrogens is 3. The fourth-order valence-electron chi connectivity index (χ4n) is 5.42. The number of aromatic amines is 1. The van der Waals surface area contributed by atoms with Crippen LogP contribution >= 0.6 is 0 Å². The zero-order valence-electron chi connectivity index (χ0n) is 21.5. The Balaban J connectivity index is 1.65. The topological polar surface area (TPSA) is 106 Å². The molecule has 0 fully saturated rings. The highest BCUT2D eigenvalue weighted by atomic mass is 16.5. The van der Waals surface area contributed by atoms with Gasteiger partial charge in [-0.05, 0) is 61.9 Å². The number of hydrogen-bond donors (Lipinski definition) is 3. The Labute approximate surface area is 218 Å². The van der Waals surface area contributed by atoms with Gasteiger partial charge in [0.1, 0.15) is 11.3 Å². The largest absolute Gasteiger partial charge is 0.497 e. The number of methoxy groups -OCH3 is 1. The van der Waals surface area contributed by atoms with E-state index in [1.54, 1.807) is 31.4 Å². The van der Waals surface area contributed by atoms with Gasteiger partial charge in [0.2, 0.25) is 5.88 Å². The number of hydrogen-bond acceptors (Lipinski definition) is 4. The van der Waals surface area contributed by atoms with Crippen molar-refractivity contribution < 1.29 is 15.2 Å². The van der Waals surface area contributed by atoms with Gasteiger partial charge in [0.25, 0.3) is 5.56 Å². The van der Waals surface area contributed by atoms with Crippen molar-refractivity contribution in [1.29, 1.82) is 0 Å². The number of benzene rings is 3. The van der Waals surface area contributed by atoms with E-state index in [0.29, 0.717) is 11.4 Å². The number of fused-ring (bicyclic) bond motifs is 3. The molecule has 8 nitrogen and oxygen atoms in total. The third-order valence-corrected chi connectivity index (χ3v) is 7.42. The molecule has 1 aliphatic heterocycles. The molecule has 0 radical (unpaired) electrons. The maximum absolute atomic E-state index is 14.1. The fourth-order valence-corrected chi connectivity index (χ4v) is 5.42. The summed E-state index contributed by atoms with van der Waals surface area (Å²) in [4.78, 5) is 31.4. The minimum absolute atomic E-state index is 0.158. The van der Waals surface area contributed by atoms with E-state index in [0.717, 1.165) is 56.6 Å². The molecular weight excluding hydrogens is 480 g/mol. The minimum Gasteiger partial charge on any atom is -0.497 e. The predicted octanol–water partition coefficient (Wildman–Crippen LogP) is 3.01. The molecule has 3 heterocycles. The molecule has 4 N–H and O–H groups in total. The molecule has 0 aliphatic carbocycles. The summed E-state index contributed by atoms with van der Waals surface area (Å²) in [5.74, 6) is 0.403. The Morgan fingerprint density at radius 2 is 1.55 bits per heavy atom. The second-order valence-corrected chi connectivity index (χ2v) is 9.85. The zero-order valence-corrected chi connectivity index (χ0v) is 21.5. The second-order valence-electron chi connectivity index (χ2n) is 9.85. The van der Waals surface area contributed by atoms with Crippen molar-refractivity contribution in [3.63, 3.8) is 0 Å². The molecule has 0 saturated heterocycles. The monoisotopic (exact) mass is 509 g/mol. The SMILES string of the molecule is COc1ccc2[nH]c3c(c2c1)CC[NH2+][C@@H]3c1c(O)n(-c2ccc(C)cc2)c(=O)n(-c2ccc(C)cc2)c1=O. The van der Waals surface area contributed by atoms with Crippen LogP contribution in [0.1, 0.15) is 34.0 Å². The van der Waals surface area contributed by atoms with Crippen molar-refractivity contribution in [1.82, 2.24) is 14.1 Å². The third kappa shape index (κ3) is 3.72. The summed E-state index contributed by atoms with van der Waals surface area (Å²) < 4.78 is 7.82. The molecule has 1 atom stereocenters. The van der Waals surface area contributed by atoms with E-state index < -0.39 is 17.3 Å². The van der Waals surface area contributed by atoms with Gasteiger partial charge in [-0.2, -0.15) is 0 Å². The lowest BCUT2D eigenvalue weighted by molar-refractivity contribution is -0.690. The van der Waals surface area contributed by atoms with Crippen LogP contribution in [0.15, 0.2) is 76.3 Å². The first-order valence-corrected chi connectivity index (χ1v) is 12.6. The van der Waals surface area contributed by atoms with Crippen molar-refractivity contribution in [3.05, 3.63) is 116 Å². The quantitative estimate of drug-likeness (QED) is 0.346. The van der Waals surface area contributed by atoms with Crippen molar-refractivity contribution in [3.8, 4) is 23.0 Å². The van der Waals surface area contributed by atoms with Crippen molar-refractivity contribution in [2.75, 3.05) is 13.7 Å². The summed E-state index contributed by atoms with van der Waals surface area (Å²) in [7, 11) is 1.64. The van der Waals surface area contributed by atoms with Crippen LogP contribution in [0.5, 0.6) is 11.6 Å². The average Bonchev–Trinajstić information content (AvgIpc) is 3.29. The lowest BCUT2D eigenvalue weighted by Gasteiger charge is -2.24. The lowest BCUT2D eigenvalue weighted by atomic mass is 9.95. The van der Waals surface area contributed by atoms with Crippen molar-refractivity contribution >= 4 is 10.9 Å². The van der Waals surface area contributed by atoms with Gasteiger partial charge in [-0.3, -0.25) is 4.79 Å². The maximum atomic E-state index is 14.1. The van der Waals surface area contributed by atoms with Crippen LogP contribution in [0.3, 0.4) is 0 Å². The molecule has 0 amide bonds. The molecular formula is C30H29N4O4+. The molecule has 8 heteroatoms. The van der Waals surface area contributed by atoms with Gasteiger partial charge in [-0.1, -0.05) is 35.4 Å². The minimum atomic E-state index is -0.624. The van der Waals surface area contributed by atoms with Crippen LogP contribution in [-0.4, -0.2) is 32.9 Å². The molecule has 0 saturated carbocycles. The lowest BCUT2D eigenvalue weighted by Crippen LogP contribution is -2.88. The summed E-state index contributed by atoms with van der Waals surface area (Å²) in [6.07, 6.45) is 0.795. The Morgan fingerprint density at radius 1 is 0.921 bits per heavy atom. The van der Waals surface area contributed by atoms with Gasteiger partial charge in [0.15, 0.2) is 6.04 Å². The molecule has 3 aromatic carbocycles. The van der Waals surface area contributed by atoms with Crippen LogP contribution in [0, 0.1) is 13.8 Å². The number of nitrogens with zero attached hydrogens (tertiary/aromatic N) is 2. The second kappa shape index (κ2) is 9.08. The standard InChI is InChI=1S/C30H28N4O4/c1-17-4-8-19(9-5-17)33-28(35)25(29(36)34(30(33)37)20-10-6-18(2)7-11-20)27-26-22(14-15-31-27)23-16-21(38-3)12-13-24(23)32-26/h4-13,16,27,31-32,35H,14-15H2,1-3H3/p+1/t27-/m1/s1. The molecule has 38 heavy (non-hydrogen) atoms. The highest BCUT2D eigenvalue weighted by molar-refractivity contribution is 5.86. The van der Waals surface area contributed by atoms with Gasteiger partial charge in [0.05, 0.1) is 30.7 Å². The molecule has 0 unspecified atom stereocenters. The Bertz CT molecular complexity index is 1790. The molecule has 6 rings (SSSR count). The van der Waals surface area contributed by atoms with Crippen LogP contribution in [0.25, 0.3) is 22.3 Å². The first-order chi connectivity index (χ1) is 18.4. The smallest absolute Gasteiger partial charge is 0.343 e. The van der Waals surface area contributed by atoms with Gasteiger partial charge >= 0.3 is 5.69 Å². The third-order valence-electron chi connectivity index (χ3n) is 7.42. The average molecular weight is 510 g/mol. The number of quaternary nitrogens is 1. The van der Waals surface area contributed by atoms with E-state index in [1.165, 1.54) is 4.57 Å². The van der Waals surface area contributed by atoms with Crippen LogP contribution in [-0.2, 0) is 6.42 Å². The molecule has 0 spiro atoms. The number of nitrogens with two attached hydrogens (primary N) is 1. The summed E-state index contributed by atoms with van der Waals surface area (Å²) >= 11 is 0. The normalized spacial score (nSPS) is 15.0. The number of H-pyrrole nitrogens is 1. The van der Waals surface area contributed by atoms with Crippen LogP contribution < -0.4 is 21.3 Å². The zero-order chi connectivity index (χ0) is 26.6. The number of rotatable bonds is 4. The highest BCUT2D eigenvalue weighted by Gasteiger charge is 2.36. The van der Waals surface area contributed by atoms with E-state index in [9.17, 15) is 14.7 Å². The number of aromatic hydroxyl groups is 1. The Kier molecular flexibility index (Phi) is 5.69. The van der Waals surface area contributed by atoms with Crippen LogP contribution in [0.2, 0.25) is 0 Å². The summed E-state index contributed by atoms with van der Waals surface area (Å²) in [5, 5.41) is 14.7. The van der Waals surface area contributed by atoms with E-state index in [-0.39, 0.29) is 11.4 Å². The molecule has 192 valence electrons. The van der Waals surface area contributed by atoms with Gasteiger partial charge in [0, 0.05) is 17.3 Å². The van der Waals surface area contributed by atoms with E-state index in [2.05, 4.69) is 4.98 Å². The summed E-state index contributed by atoms with van der Waals surface area (Å²) in [6, 6.07) is 19.8. The van der Waals surface area contributed by atoms with Gasteiger partial charge in [-0.25, -0.2) is 13.9 Å². The summed E-state index contributed by atoms with van der Waals surface area (Å²) in [6.45, 7) is 4.62. The molecule has 0 bridgehead atoms. The maximum Gasteiger partial charge on any atom is 0.343 e. The first-order valence-electron chi connectivity index (χ1n) is 12.6. The molecule has 5 aromatic rings. The summed E-state index contributed by atoms with van der Waals surface area (Å²) in [5.41, 5.74) is 4.82. The van der Waals surface area contributed by atoms with E-state index in [1.807, 2.05) is 61.6 Å². The van der Waals surface area contributed by atoms with Gasteiger partial charge < -0.3 is 20.1 Å². The Hall–Kier alpha value is -4.56. The van der Waals surface area contributed by atoms with E-state index in [4.69, 9.17) is 4.74 Å².